The van der Waals surface area contributed by atoms with E-state index in [-0.39, 0.29) is 6.10 Å². The molecular weight excluding hydrogens is 184 g/mol. The number of aliphatic hydroxyl groups excluding tert-OH is 1. The van der Waals surface area contributed by atoms with Crippen LogP contribution in [0.5, 0.6) is 0 Å². The third-order valence-corrected chi connectivity index (χ3v) is 3.37. The molecule has 1 saturated carbocycles. The highest BCUT2D eigenvalue weighted by Crippen LogP contribution is 2.29. The lowest BCUT2D eigenvalue weighted by Crippen LogP contribution is -2.37. The van der Waals surface area contributed by atoms with Gasteiger partial charge in [0.05, 0.1) is 6.10 Å². The first-order chi connectivity index (χ1) is 6.25. The first-order valence-corrected chi connectivity index (χ1v) is 5.42. The first-order valence-electron chi connectivity index (χ1n) is 4.54. The van der Waals surface area contributed by atoms with Crippen LogP contribution in [0.1, 0.15) is 12.8 Å². The van der Waals surface area contributed by atoms with Gasteiger partial charge in [0.2, 0.25) is 0 Å². The Balaban J connectivity index is 1.82. The zero-order valence-electron chi connectivity index (χ0n) is 7.68. The smallest absolute Gasteiger partial charge is 0.184 e. The fraction of sp³-hybridized carbons (Fsp3) is 0.667. The highest BCUT2D eigenvalue weighted by atomic mass is 32.1. The first kappa shape index (κ1) is 8.97. The maximum atomic E-state index is 9.13. The van der Waals surface area contributed by atoms with Gasteiger partial charge in [0.1, 0.15) is 0 Å². The van der Waals surface area contributed by atoms with Crippen molar-refractivity contribution in [3.05, 3.63) is 11.6 Å². The predicted molar refractivity (Wildman–Crippen MR) is 54.1 cm³/mol. The summed E-state index contributed by atoms with van der Waals surface area (Å²) in [6.07, 6.45) is 3.69. The Bertz CT molecular complexity index is 257. The van der Waals surface area contributed by atoms with Crippen LogP contribution in [0.3, 0.4) is 0 Å². The number of anilines is 1. The Morgan fingerprint density at radius 2 is 2.46 bits per heavy atom. The van der Waals surface area contributed by atoms with Gasteiger partial charge in [-0.25, -0.2) is 4.98 Å². The fourth-order valence-electron chi connectivity index (χ4n) is 1.72. The van der Waals surface area contributed by atoms with Crippen molar-refractivity contribution in [1.29, 1.82) is 0 Å². The van der Waals surface area contributed by atoms with E-state index >= 15 is 0 Å². The zero-order valence-corrected chi connectivity index (χ0v) is 8.50. The monoisotopic (exact) mass is 198 g/mol. The molecule has 0 spiro atoms. The van der Waals surface area contributed by atoms with Gasteiger partial charge in [-0.2, -0.15) is 0 Å². The van der Waals surface area contributed by atoms with Crippen LogP contribution in [0.2, 0.25) is 0 Å². The van der Waals surface area contributed by atoms with Crippen LogP contribution in [0.25, 0.3) is 0 Å². The molecule has 0 unspecified atom stereocenters. The van der Waals surface area contributed by atoms with Gasteiger partial charge in [-0.3, -0.25) is 0 Å². The largest absolute Gasteiger partial charge is 0.393 e. The van der Waals surface area contributed by atoms with E-state index in [1.54, 1.807) is 11.3 Å². The van der Waals surface area contributed by atoms with Crippen LogP contribution in [0.4, 0.5) is 5.13 Å². The molecule has 0 bridgehead atoms. The second-order valence-corrected chi connectivity index (χ2v) is 4.56. The van der Waals surface area contributed by atoms with Crippen molar-refractivity contribution >= 4 is 16.5 Å². The molecule has 0 aliphatic heterocycles. The molecule has 3 nitrogen and oxygen atoms in total. The van der Waals surface area contributed by atoms with Crippen molar-refractivity contribution in [2.75, 3.05) is 18.5 Å². The molecule has 1 aliphatic carbocycles. The molecule has 1 aliphatic rings. The summed E-state index contributed by atoms with van der Waals surface area (Å²) in [4.78, 5) is 6.40. The quantitative estimate of drug-likeness (QED) is 0.796. The van der Waals surface area contributed by atoms with Gasteiger partial charge in [-0.15, -0.1) is 11.3 Å². The maximum Gasteiger partial charge on any atom is 0.184 e. The number of rotatable bonds is 3. The van der Waals surface area contributed by atoms with Crippen LogP contribution >= 0.6 is 11.3 Å². The van der Waals surface area contributed by atoms with Crippen molar-refractivity contribution in [2.24, 2.45) is 5.92 Å². The summed E-state index contributed by atoms with van der Waals surface area (Å²) in [7, 11) is 2.06. The van der Waals surface area contributed by atoms with Crippen LogP contribution in [0.15, 0.2) is 11.6 Å². The lowest BCUT2D eigenvalue weighted by atomic mass is 9.82. The van der Waals surface area contributed by atoms with Gasteiger partial charge in [-0.05, 0) is 18.8 Å². The van der Waals surface area contributed by atoms with Gasteiger partial charge in [0, 0.05) is 25.2 Å². The highest BCUT2D eigenvalue weighted by Gasteiger charge is 2.28. The van der Waals surface area contributed by atoms with Crippen LogP contribution in [-0.2, 0) is 0 Å². The van der Waals surface area contributed by atoms with Gasteiger partial charge < -0.3 is 10.0 Å². The molecule has 1 heterocycles. The van der Waals surface area contributed by atoms with Crippen LogP contribution < -0.4 is 4.90 Å². The van der Waals surface area contributed by atoms with Crippen molar-refractivity contribution in [1.82, 2.24) is 4.98 Å². The molecule has 0 aromatic carbocycles. The number of hydrogen-bond donors (Lipinski definition) is 1. The summed E-state index contributed by atoms with van der Waals surface area (Å²) < 4.78 is 0. The predicted octanol–water partition coefficient (Wildman–Crippen LogP) is 1.35. The second-order valence-electron chi connectivity index (χ2n) is 3.69. The van der Waals surface area contributed by atoms with E-state index in [0.717, 1.165) is 24.5 Å². The summed E-state index contributed by atoms with van der Waals surface area (Å²) in [5, 5.41) is 12.2. The summed E-state index contributed by atoms with van der Waals surface area (Å²) in [6, 6.07) is 0. The molecule has 72 valence electrons. The molecule has 4 heteroatoms. The third kappa shape index (κ3) is 2.00. The Kier molecular flexibility index (Phi) is 2.51. The molecule has 1 aromatic rings. The SMILES string of the molecule is CN(CC1CC(O)C1)c1nccs1. The lowest BCUT2D eigenvalue weighted by molar-refractivity contribution is 0.0465. The minimum atomic E-state index is -0.0466. The highest BCUT2D eigenvalue weighted by molar-refractivity contribution is 7.13. The summed E-state index contributed by atoms with van der Waals surface area (Å²) in [5.74, 6) is 0.656. The van der Waals surface area contributed by atoms with E-state index in [2.05, 4.69) is 16.9 Å². The molecule has 0 amide bonds. The van der Waals surface area contributed by atoms with Crippen molar-refractivity contribution in [2.45, 2.75) is 18.9 Å². The number of aliphatic hydroxyl groups is 1. The number of hydrogen-bond acceptors (Lipinski definition) is 4. The van der Waals surface area contributed by atoms with E-state index in [9.17, 15) is 0 Å². The topological polar surface area (TPSA) is 36.4 Å². The van der Waals surface area contributed by atoms with E-state index in [4.69, 9.17) is 5.11 Å². The second kappa shape index (κ2) is 3.64. The van der Waals surface area contributed by atoms with Crippen LogP contribution in [-0.4, -0.2) is 29.8 Å². The van der Waals surface area contributed by atoms with Gasteiger partial charge in [0.25, 0.3) is 0 Å². The molecule has 0 atom stereocenters. The third-order valence-electron chi connectivity index (χ3n) is 2.49. The molecular formula is C9H14N2OS. The molecule has 0 radical (unpaired) electrons. The Morgan fingerprint density at radius 3 is 3.00 bits per heavy atom. The Hall–Kier alpha value is -0.610. The molecule has 1 aromatic heterocycles. The minimum absolute atomic E-state index is 0.0466. The minimum Gasteiger partial charge on any atom is -0.393 e. The Morgan fingerprint density at radius 1 is 1.69 bits per heavy atom. The molecule has 13 heavy (non-hydrogen) atoms. The van der Waals surface area contributed by atoms with Gasteiger partial charge in [0.15, 0.2) is 5.13 Å². The summed E-state index contributed by atoms with van der Waals surface area (Å²) in [5.41, 5.74) is 0. The van der Waals surface area contributed by atoms with Gasteiger partial charge in [-0.1, -0.05) is 0 Å². The molecule has 0 saturated heterocycles. The van der Waals surface area contributed by atoms with E-state index < -0.39 is 0 Å². The van der Waals surface area contributed by atoms with Crippen LogP contribution in [0, 0.1) is 5.92 Å². The average molecular weight is 198 g/mol. The number of nitrogens with zero attached hydrogens (tertiary/aromatic N) is 2. The number of aromatic nitrogens is 1. The van der Waals surface area contributed by atoms with E-state index in [0.29, 0.717) is 5.92 Å². The summed E-state index contributed by atoms with van der Waals surface area (Å²) in [6.45, 7) is 1.02. The van der Waals surface area contributed by atoms with Crippen molar-refractivity contribution in [3.8, 4) is 0 Å². The van der Waals surface area contributed by atoms with Crippen molar-refractivity contribution in [3.63, 3.8) is 0 Å². The van der Waals surface area contributed by atoms with E-state index in [1.165, 1.54) is 0 Å². The maximum absolute atomic E-state index is 9.13. The van der Waals surface area contributed by atoms with Gasteiger partial charge >= 0.3 is 0 Å². The lowest BCUT2D eigenvalue weighted by Gasteiger charge is -2.34. The van der Waals surface area contributed by atoms with Crippen molar-refractivity contribution < 1.29 is 5.11 Å². The fourth-order valence-corrected chi connectivity index (χ4v) is 2.34. The Labute approximate surface area is 82.0 Å². The zero-order chi connectivity index (χ0) is 9.26. The molecule has 1 N–H and O–H groups in total. The molecule has 1 fully saturated rings. The normalized spacial score (nSPS) is 26.9. The summed E-state index contributed by atoms with van der Waals surface area (Å²) >= 11 is 1.66. The number of thiazole rings is 1. The molecule has 2 rings (SSSR count). The van der Waals surface area contributed by atoms with E-state index in [1.807, 2.05) is 11.6 Å². The standard InChI is InChI=1S/C9H14N2OS/c1-11(9-10-2-3-13-9)6-7-4-8(12)5-7/h2-3,7-8,12H,4-6H2,1H3. The average Bonchev–Trinajstić information content (AvgIpc) is 2.53.